The molecule has 0 saturated heterocycles. The summed E-state index contributed by atoms with van der Waals surface area (Å²) in [6.45, 7) is -0.309. The number of halogens is 1. The summed E-state index contributed by atoms with van der Waals surface area (Å²) in [6, 6.07) is 6.49. The average Bonchev–Trinajstić information content (AvgIpc) is 2.78. The van der Waals surface area contributed by atoms with Crippen LogP contribution in [0.4, 0.5) is 20.7 Å². The fraction of sp³-hybridized carbons (Fsp3) is 0.0833. The van der Waals surface area contributed by atoms with Crippen molar-refractivity contribution < 1.29 is 19.1 Å². The zero-order valence-corrected chi connectivity index (χ0v) is 10.2. The number of urea groups is 1. The number of benzene rings is 1. The number of carboxylic acids is 1. The largest absolute Gasteiger partial charge is 0.480 e. The zero-order chi connectivity index (χ0) is 14.5. The highest BCUT2D eigenvalue weighted by Gasteiger charge is 2.08. The lowest BCUT2D eigenvalue weighted by atomic mass is 10.3. The number of nitrogens with zero attached hydrogens (tertiary/aromatic N) is 2. The minimum Gasteiger partial charge on any atom is -0.480 e. The monoisotopic (exact) mass is 278 g/mol. The Morgan fingerprint density at radius 2 is 2.00 bits per heavy atom. The van der Waals surface area contributed by atoms with Crippen LogP contribution in [-0.2, 0) is 11.3 Å². The quantitative estimate of drug-likeness (QED) is 0.793. The summed E-state index contributed by atoms with van der Waals surface area (Å²) >= 11 is 0. The van der Waals surface area contributed by atoms with Crippen LogP contribution in [-0.4, -0.2) is 26.9 Å². The first kappa shape index (κ1) is 13.5. The van der Waals surface area contributed by atoms with Gasteiger partial charge in [-0.05, 0) is 12.1 Å². The number of anilines is 2. The van der Waals surface area contributed by atoms with E-state index in [0.29, 0.717) is 0 Å². The fourth-order valence-electron chi connectivity index (χ4n) is 1.49. The Morgan fingerprint density at radius 3 is 2.70 bits per heavy atom. The molecule has 1 aromatic heterocycles. The molecule has 0 saturated carbocycles. The molecule has 104 valence electrons. The lowest BCUT2D eigenvalue weighted by molar-refractivity contribution is -0.137. The van der Waals surface area contributed by atoms with Crippen LogP contribution >= 0.6 is 0 Å². The van der Waals surface area contributed by atoms with Gasteiger partial charge in [-0.3, -0.25) is 14.8 Å². The smallest absolute Gasteiger partial charge is 0.325 e. The molecule has 1 aromatic carbocycles. The molecule has 0 spiro atoms. The molecule has 20 heavy (non-hydrogen) atoms. The van der Waals surface area contributed by atoms with Gasteiger partial charge in [-0.1, -0.05) is 12.1 Å². The van der Waals surface area contributed by atoms with Crippen molar-refractivity contribution in [1.82, 2.24) is 9.78 Å². The maximum absolute atomic E-state index is 13.3. The molecular formula is C12H11FN4O3. The molecule has 2 aromatic rings. The molecule has 0 aliphatic rings. The van der Waals surface area contributed by atoms with Crippen LogP contribution in [0.2, 0.25) is 0 Å². The predicted octanol–water partition coefficient (Wildman–Crippen LogP) is 1.75. The molecule has 2 amide bonds. The standard InChI is InChI=1S/C12H11FN4O3/c13-8-3-1-2-4-9(8)14-12(20)15-10-5-6-17(16-10)7-11(18)19/h1-6H,7H2,(H,18,19)(H2,14,15,16,20). The third-order valence-corrected chi connectivity index (χ3v) is 2.30. The van der Waals surface area contributed by atoms with E-state index in [1.165, 1.54) is 30.5 Å². The van der Waals surface area contributed by atoms with E-state index >= 15 is 0 Å². The molecule has 3 N–H and O–H groups in total. The number of aliphatic carboxylic acids is 1. The molecule has 0 bridgehead atoms. The van der Waals surface area contributed by atoms with E-state index in [-0.39, 0.29) is 18.1 Å². The maximum atomic E-state index is 13.3. The molecule has 0 fully saturated rings. The topological polar surface area (TPSA) is 96.2 Å². The van der Waals surface area contributed by atoms with E-state index < -0.39 is 17.8 Å². The summed E-state index contributed by atoms with van der Waals surface area (Å²) < 4.78 is 14.5. The highest BCUT2D eigenvalue weighted by atomic mass is 19.1. The third-order valence-electron chi connectivity index (χ3n) is 2.30. The van der Waals surface area contributed by atoms with Crippen molar-refractivity contribution in [3.63, 3.8) is 0 Å². The number of hydrogen-bond donors (Lipinski definition) is 3. The summed E-state index contributed by atoms with van der Waals surface area (Å²) in [7, 11) is 0. The summed E-state index contributed by atoms with van der Waals surface area (Å²) in [6.07, 6.45) is 1.41. The molecule has 0 unspecified atom stereocenters. The first-order valence-corrected chi connectivity index (χ1v) is 5.62. The van der Waals surface area contributed by atoms with Gasteiger partial charge in [-0.2, -0.15) is 5.10 Å². The third kappa shape index (κ3) is 3.55. The second kappa shape index (κ2) is 5.83. The minimum absolute atomic E-state index is 0.0370. The summed E-state index contributed by atoms with van der Waals surface area (Å²) in [5, 5.41) is 17.1. The number of aromatic nitrogens is 2. The van der Waals surface area contributed by atoms with Crippen molar-refractivity contribution in [1.29, 1.82) is 0 Å². The first-order valence-electron chi connectivity index (χ1n) is 5.62. The van der Waals surface area contributed by atoms with Crippen molar-refractivity contribution in [3.8, 4) is 0 Å². The van der Waals surface area contributed by atoms with Crippen molar-refractivity contribution in [3.05, 3.63) is 42.3 Å². The van der Waals surface area contributed by atoms with Gasteiger partial charge in [0.15, 0.2) is 5.82 Å². The van der Waals surface area contributed by atoms with Gasteiger partial charge in [0.2, 0.25) is 0 Å². The summed E-state index contributed by atoms with van der Waals surface area (Å²) in [5.41, 5.74) is 0.0370. The van der Waals surface area contributed by atoms with Gasteiger partial charge >= 0.3 is 12.0 Å². The number of nitrogens with one attached hydrogen (secondary N) is 2. The maximum Gasteiger partial charge on any atom is 0.325 e. The van der Waals surface area contributed by atoms with Gasteiger partial charge in [0.25, 0.3) is 0 Å². The van der Waals surface area contributed by atoms with Crippen LogP contribution in [0.1, 0.15) is 0 Å². The van der Waals surface area contributed by atoms with Gasteiger partial charge in [0.1, 0.15) is 12.4 Å². The predicted molar refractivity (Wildman–Crippen MR) is 68.9 cm³/mol. The minimum atomic E-state index is -1.05. The summed E-state index contributed by atoms with van der Waals surface area (Å²) in [4.78, 5) is 22.1. The molecular weight excluding hydrogens is 267 g/mol. The van der Waals surface area contributed by atoms with E-state index in [1.807, 2.05) is 0 Å². The molecule has 1 heterocycles. The van der Waals surface area contributed by atoms with E-state index in [9.17, 15) is 14.0 Å². The van der Waals surface area contributed by atoms with Gasteiger partial charge in [-0.15, -0.1) is 0 Å². The lowest BCUT2D eigenvalue weighted by Crippen LogP contribution is -2.20. The Hall–Kier alpha value is -2.90. The van der Waals surface area contributed by atoms with Crippen LogP contribution in [0.3, 0.4) is 0 Å². The van der Waals surface area contributed by atoms with E-state index in [4.69, 9.17) is 5.11 Å². The molecule has 0 atom stereocenters. The SMILES string of the molecule is O=C(O)Cn1ccc(NC(=O)Nc2ccccc2F)n1. The highest BCUT2D eigenvalue weighted by molar-refractivity contribution is 5.99. The molecule has 0 aliphatic carbocycles. The zero-order valence-electron chi connectivity index (χ0n) is 10.2. The molecule has 7 nitrogen and oxygen atoms in total. The Bertz CT molecular complexity index is 641. The first-order chi connectivity index (χ1) is 9.54. The van der Waals surface area contributed by atoms with Gasteiger partial charge in [-0.25, -0.2) is 9.18 Å². The van der Waals surface area contributed by atoms with Crippen LogP contribution in [0.15, 0.2) is 36.5 Å². The summed E-state index contributed by atoms with van der Waals surface area (Å²) in [5.74, 6) is -1.44. The Balaban J connectivity index is 1.96. The Morgan fingerprint density at radius 1 is 1.25 bits per heavy atom. The lowest BCUT2D eigenvalue weighted by Gasteiger charge is -2.06. The Kier molecular flexibility index (Phi) is 3.94. The number of carbonyl (C=O) groups excluding carboxylic acids is 1. The van der Waals surface area contributed by atoms with Crippen molar-refractivity contribution in [2.75, 3.05) is 10.6 Å². The number of carboxylic acid groups (broad SMARTS) is 1. The normalized spacial score (nSPS) is 10.1. The average molecular weight is 278 g/mol. The van der Waals surface area contributed by atoms with Crippen LogP contribution < -0.4 is 10.6 Å². The van der Waals surface area contributed by atoms with E-state index in [0.717, 1.165) is 4.68 Å². The van der Waals surface area contributed by atoms with Crippen LogP contribution in [0, 0.1) is 5.82 Å². The Labute approximate surface area is 113 Å². The highest BCUT2D eigenvalue weighted by Crippen LogP contribution is 2.12. The molecule has 0 radical (unpaired) electrons. The second-order valence-corrected chi connectivity index (χ2v) is 3.85. The van der Waals surface area contributed by atoms with Gasteiger partial charge in [0.05, 0.1) is 5.69 Å². The number of hydrogen-bond acceptors (Lipinski definition) is 3. The van der Waals surface area contributed by atoms with E-state index in [2.05, 4.69) is 15.7 Å². The van der Waals surface area contributed by atoms with Gasteiger partial charge < -0.3 is 10.4 Å². The molecule has 0 aliphatic heterocycles. The van der Waals surface area contributed by atoms with Crippen LogP contribution in [0.5, 0.6) is 0 Å². The van der Waals surface area contributed by atoms with Crippen molar-refractivity contribution >= 4 is 23.5 Å². The van der Waals surface area contributed by atoms with Crippen molar-refractivity contribution in [2.45, 2.75) is 6.54 Å². The number of rotatable bonds is 4. The van der Waals surface area contributed by atoms with E-state index in [1.54, 1.807) is 6.07 Å². The number of para-hydroxylation sites is 1. The van der Waals surface area contributed by atoms with Crippen molar-refractivity contribution in [2.24, 2.45) is 0 Å². The number of carbonyl (C=O) groups is 2. The van der Waals surface area contributed by atoms with Crippen LogP contribution in [0.25, 0.3) is 0 Å². The fourth-order valence-corrected chi connectivity index (χ4v) is 1.49. The second-order valence-electron chi connectivity index (χ2n) is 3.85. The molecule has 8 heteroatoms. The molecule has 2 rings (SSSR count). The van der Waals surface area contributed by atoms with Gasteiger partial charge in [0, 0.05) is 12.3 Å². The number of amides is 2.